The summed E-state index contributed by atoms with van der Waals surface area (Å²) >= 11 is 0. The monoisotopic (exact) mass is 243 g/mol. The molecular weight excluding hydrogens is 222 g/mol. The maximum atomic E-state index is 5.56. The van der Waals surface area contributed by atoms with Crippen LogP contribution in [0.1, 0.15) is 38.2 Å². The highest BCUT2D eigenvalue weighted by atomic mass is 16.5. The van der Waals surface area contributed by atoms with Gasteiger partial charge in [-0.1, -0.05) is 37.0 Å². The summed E-state index contributed by atoms with van der Waals surface area (Å²) in [5.41, 5.74) is 1.47. The summed E-state index contributed by atoms with van der Waals surface area (Å²) in [6, 6.07) is 8.09. The fourth-order valence-electron chi connectivity index (χ4n) is 2.55. The van der Waals surface area contributed by atoms with Gasteiger partial charge in [0.15, 0.2) is 0 Å². The van der Waals surface area contributed by atoms with Crippen LogP contribution < -0.4 is 10.1 Å². The molecule has 0 radical (unpaired) electrons. The molecular formula is C16H21NO. The molecule has 0 atom stereocenters. The zero-order valence-electron chi connectivity index (χ0n) is 11.0. The van der Waals surface area contributed by atoms with Crippen molar-refractivity contribution >= 4 is 0 Å². The minimum Gasteiger partial charge on any atom is -0.481 e. The zero-order valence-corrected chi connectivity index (χ0v) is 11.0. The van der Waals surface area contributed by atoms with Gasteiger partial charge in [-0.25, -0.2) is 0 Å². The molecule has 18 heavy (non-hydrogen) atoms. The van der Waals surface area contributed by atoms with Gasteiger partial charge in [-0.3, -0.25) is 0 Å². The first-order valence-corrected chi connectivity index (χ1v) is 6.63. The van der Waals surface area contributed by atoms with Crippen molar-refractivity contribution in [2.75, 3.05) is 6.61 Å². The lowest BCUT2D eigenvalue weighted by molar-refractivity contribution is 0.344. The molecule has 1 aliphatic carbocycles. The Morgan fingerprint density at radius 1 is 1.33 bits per heavy atom. The number of para-hydroxylation sites is 1. The zero-order chi connectivity index (χ0) is 12.8. The van der Waals surface area contributed by atoms with Gasteiger partial charge in [-0.15, -0.1) is 6.42 Å². The Labute approximate surface area is 110 Å². The number of ether oxygens (including phenoxy) is 1. The van der Waals surface area contributed by atoms with Crippen LogP contribution in [-0.2, 0) is 6.54 Å². The van der Waals surface area contributed by atoms with E-state index >= 15 is 0 Å². The van der Waals surface area contributed by atoms with Gasteiger partial charge in [0.25, 0.3) is 0 Å². The van der Waals surface area contributed by atoms with E-state index in [1.165, 1.54) is 31.2 Å². The van der Waals surface area contributed by atoms with Crippen molar-refractivity contribution < 1.29 is 4.74 Å². The first kappa shape index (κ1) is 13.0. The second kappa shape index (κ2) is 5.93. The molecule has 1 aliphatic rings. The summed E-state index contributed by atoms with van der Waals surface area (Å²) in [5.74, 6) is 3.40. The predicted molar refractivity (Wildman–Crippen MR) is 74.5 cm³/mol. The summed E-state index contributed by atoms with van der Waals surface area (Å²) in [5, 5.41) is 3.66. The maximum Gasteiger partial charge on any atom is 0.148 e. The van der Waals surface area contributed by atoms with Crippen molar-refractivity contribution in [1.82, 2.24) is 5.32 Å². The van der Waals surface area contributed by atoms with Gasteiger partial charge in [0, 0.05) is 17.6 Å². The van der Waals surface area contributed by atoms with Gasteiger partial charge >= 0.3 is 0 Å². The molecule has 1 fully saturated rings. The van der Waals surface area contributed by atoms with Crippen LogP contribution in [0.4, 0.5) is 0 Å². The first-order valence-electron chi connectivity index (χ1n) is 6.63. The van der Waals surface area contributed by atoms with Crippen LogP contribution in [-0.4, -0.2) is 12.1 Å². The highest BCUT2D eigenvalue weighted by molar-refractivity contribution is 5.33. The summed E-state index contributed by atoms with van der Waals surface area (Å²) in [4.78, 5) is 0. The molecule has 0 saturated heterocycles. The number of terminal acetylenes is 1. The van der Waals surface area contributed by atoms with Crippen LogP contribution in [0.15, 0.2) is 24.3 Å². The minimum atomic E-state index is 0.291. The Kier molecular flexibility index (Phi) is 4.28. The van der Waals surface area contributed by atoms with Crippen molar-refractivity contribution in [3.63, 3.8) is 0 Å². The van der Waals surface area contributed by atoms with Gasteiger partial charge in [0.05, 0.1) is 0 Å². The standard InChI is InChI=1S/C16H21NO/c1-3-12-18-15-9-5-4-8-14(15)13-17-16(2)10-6-7-11-16/h1,4-5,8-9,17H,6-7,10-13H2,2H3. The van der Waals surface area contributed by atoms with E-state index in [0.29, 0.717) is 12.1 Å². The van der Waals surface area contributed by atoms with Crippen LogP contribution >= 0.6 is 0 Å². The van der Waals surface area contributed by atoms with E-state index in [2.05, 4.69) is 24.2 Å². The average Bonchev–Trinajstić information content (AvgIpc) is 2.82. The Morgan fingerprint density at radius 2 is 2.06 bits per heavy atom. The number of benzene rings is 1. The van der Waals surface area contributed by atoms with E-state index in [1.54, 1.807) is 0 Å². The molecule has 2 nitrogen and oxygen atoms in total. The van der Waals surface area contributed by atoms with Crippen LogP contribution in [0.3, 0.4) is 0 Å². The molecule has 0 unspecified atom stereocenters. The van der Waals surface area contributed by atoms with E-state index in [9.17, 15) is 0 Å². The first-order chi connectivity index (χ1) is 8.73. The molecule has 1 aromatic carbocycles. The van der Waals surface area contributed by atoms with Crippen molar-refractivity contribution in [1.29, 1.82) is 0 Å². The second-order valence-corrected chi connectivity index (χ2v) is 5.22. The molecule has 1 N–H and O–H groups in total. The number of rotatable bonds is 5. The fraction of sp³-hybridized carbons (Fsp3) is 0.500. The molecule has 0 spiro atoms. The normalized spacial score (nSPS) is 17.3. The van der Waals surface area contributed by atoms with E-state index in [0.717, 1.165) is 12.3 Å². The minimum absolute atomic E-state index is 0.291. The molecule has 1 aromatic rings. The molecule has 0 heterocycles. The molecule has 0 aromatic heterocycles. The van der Waals surface area contributed by atoms with Crippen molar-refractivity contribution in [3.8, 4) is 18.1 Å². The van der Waals surface area contributed by atoms with Crippen LogP contribution in [0, 0.1) is 12.3 Å². The maximum absolute atomic E-state index is 5.56. The van der Waals surface area contributed by atoms with Gasteiger partial charge in [0.2, 0.25) is 0 Å². The quantitative estimate of drug-likeness (QED) is 0.802. The van der Waals surface area contributed by atoms with Gasteiger partial charge in [-0.05, 0) is 25.8 Å². The Hall–Kier alpha value is -1.46. The van der Waals surface area contributed by atoms with Gasteiger partial charge in [-0.2, -0.15) is 0 Å². The molecule has 0 amide bonds. The predicted octanol–water partition coefficient (Wildman–Crippen LogP) is 3.12. The highest BCUT2D eigenvalue weighted by Crippen LogP contribution is 2.29. The Balaban J connectivity index is 1.98. The van der Waals surface area contributed by atoms with Gasteiger partial charge in [0.1, 0.15) is 12.4 Å². The average molecular weight is 243 g/mol. The number of nitrogens with one attached hydrogen (secondary N) is 1. The number of hydrogen-bond acceptors (Lipinski definition) is 2. The SMILES string of the molecule is C#CCOc1ccccc1CNC1(C)CCCC1. The summed E-state index contributed by atoms with van der Waals surface area (Å²) < 4.78 is 5.56. The molecule has 0 aliphatic heterocycles. The molecule has 1 saturated carbocycles. The van der Waals surface area contributed by atoms with Crippen molar-refractivity contribution in [2.45, 2.75) is 44.7 Å². The lowest BCUT2D eigenvalue weighted by atomic mass is 10.0. The Bertz CT molecular complexity index is 427. The lowest BCUT2D eigenvalue weighted by Gasteiger charge is -2.26. The summed E-state index contributed by atoms with van der Waals surface area (Å²) in [7, 11) is 0. The van der Waals surface area contributed by atoms with E-state index in [-0.39, 0.29) is 0 Å². The van der Waals surface area contributed by atoms with Gasteiger partial charge < -0.3 is 10.1 Å². The highest BCUT2D eigenvalue weighted by Gasteiger charge is 2.27. The van der Waals surface area contributed by atoms with E-state index in [1.807, 2.05) is 18.2 Å². The summed E-state index contributed by atoms with van der Waals surface area (Å²) in [6.07, 6.45) is 10.4. The third-order valence-corrected chi connectivity index (χ3v) is 3.70. The molecule has 2 rings (SSSR count). The third kappa shape index (κ3) is 3.27. The second-order valence-electron chi connectivity index (χ2n) is 5.22. The van der Waals surface area contributed by atoms with Crippen LogP contribution in [0.25, 0.3) is 0 Å². The fourth-order valence-corrected chi connectivity index (χ4v) is 2.55. The van der Waals surface area contributed by atoms with Crippen molar-refractivity contribution in [3.05, 3.63) is 29.8 Å². The van der Waals surface area contributed by atoms with E-state index < -0.39 is 0 Å². The van der Waals surface area contributed by atoms with E-state index in [4.69, 9.17) is 11.2 Å². The molecule has 0 bridgehead atoms. The molecule has 96 valence electrons. The Morgan fingerprint density at radius 3 is 2.78 bits per heavy atom. The smallest absolute Gasteiger partial charge is 0.148 e. The number of hydrogen-bond donors (Lipinski definition) is 1. The lowest BCUT2D eigenvalue weighted by Crippen LogP contribution is -2.38. The topological polar surface area (TPSA) is 21.3 Å². The largest absolute Gasteiger partial charge is 0.481 e. The van der Waals surface area contributed by atoms with Crippen molar-refractivity contribution in [2.24, 2.45) is 0 Å². The third-order valence-electron chi connectivity index (χ3n) is 3.70. The summed E-state index contributed by atoms with van der Waals surface area (Å²) in [6.45, 7) is 3.48. The van der Waals surface area contributed by atoms with Crippen LogP contribution in [0.2, 0.25) is 0 Å². The van der Waals surface area contributed by atoms with Crippen LogP contribution in [0.5, 0.6) is 5.75 Å². The molecule has 2 heteroatoms.